The zero-order valence-corrected chi connectivity index (χ0v) is 22.6. The molecule has 0 saturated carbocycles. The van der Waals surface area contributed by atoms with Crippen molar-refractivity contribution in [2.45, 2.75) is 38.8 Å². The van der Waals surface area contributed by atoms with E-state index in [1.807, 2.05) is 24.0 Å². The monoisotopic (exact) mass is 549 g/mol. The van der Waals surface area contributed by atoms with Gasteiger partial charge in [-0.2, -0.15) is 0 Å². The Kier molecular flexibility index (Phi) is 7.53. The van der Waals surface area contributed by atoms with Gasteiger partial charge in [0.2, 0.25) is 5.91 Å². The molecular formula is C28H28FN5O4S. The number of anilines is 1. The van der Waals surface area contributed by atoms with Crippen LogP contribution in [0.4, 0.5) is 10.1 Å². The van der Waals surface area contributed by atoms with Gasteiger partial charge in [-0.25, -0.2) is 19.3 Å². The number of benzene rings is 2. The number of aliphatic hydroxyl groups excluding tert-OH is 1. The van der Waals surface area contributed by atoms with Crippen molar-refractivity contribution in [2.75, 3.05) is 25.2 Å². The molecule has 39 heavy (non-hydrogen) atoms. The molecule has 1 aliphatic heterocycles. The van der Waals surface area contributed by atoms with Gasteiger partial charge in [-0.15, -0.1) is 11.3 Å². The number of carbonyl (C=O) groups is 2. The number of aromatic nitrogens is 3. The van der Waals surface area contributed by atoms with Crippen LogP contribution in [0.5, 0.6) is 5.75 Å². The second kappa shape index (κ2) is 11.0. The molecule has 0 spiro atoms. The number of rotatable bonds is 8. The summed E-state index contributed by atoms with van der Waals surface area (Å²) in [5, 5.41) is 14.0. The third-order valence-electron chi connectivity index (χ3n) is 6.76. The van der Waals surface area contributed by atoms with Crippen LogP contribution in [0.3, 0.4) is 0 Å². The van der Waals surface area contributed by atoms with E-state index < -0.39 is 5.82 Å². The highest BCUT2D eigenvalue weighted by molar-refractivity contribution is 7.18. The van der Waals surface area contributed by atoms with Gasteiger partial charge in [0.05, 0.1) is 40.7 Å². The van der Waals surface area contributed by atoms with Crippen molar-refractivity contribution in [1.82, 2.24) is 20.3 Å². The van der Waals surface area contributed by atoms with Crippen LogP contribution < -0.4 is 15.0 Å². The van der Waals surface area contributed by atoms with E-state index in [1.165, 1.54) is 38.4 Å². The van der Waals surface area contributed by atoms with Crippen molar-refractivity contribution in [1.29, 1.82) is 0 Å². The molecule has 9 nitrogen and oxygen atoms in total. The number of halogens is 1. The number of ether oxygens (including phenoxy) is 1. The second-order valence-corrected chi connectivity index (χ2v) is 10.7. The zero-order chi connectivity index (χ0) is 27.7. The molecule has 202 valence electrons. The van der Waals surface area contributed by atoms with E-state index in [-0.39, 0.29) is 59.6 Å². The van der Waals surface area contributed by atoms with E-state index in [2.05, 4.69) is 15.3 Å². The lowest BCUT2D eigenvalue weighted by Crippen LogP contribution is -2.36. The van der Waals surface area contributed by atoms with E-state index in [0.29, 0.717) is 13.0 Å². The van der Waals surface area contributed by atoms with Crippen molar-refractivity contribution in [3.8, 4) is 17.1 Å². The number of aryl methyl sites for hydroxylation is 1. The normalized spacial score (nSPS) is 17.0. The van der Waals surface area contributed by atoms with Crippen molar-refractivity contribution in [2.24, 2.45) is 0 Å². The number of Topliss-reactive ketones (excluding diaryl/α,β-unsaturated/α-hetero) is 1. The standard InChI is InChI=1S/C28H28FN5O4S/c1-15(36)31-18-12-19(14-35)34(13-18)27-17(7-8-24-26(27)32-16(2)39-24)11-22(37)21-9-10-30-28(33-21)25-20(29)5-4-6-23(25)38-3/h4-10,18-19,35H,11-14H2,1-3H3,(H,31,36)/t18-,19+/m1/s1. The first-order valence-corrected chi connectivity index (χ1v) is 13.3. The first-order valence-electron chi connectivity index (χ1n) is 12.5. The van der Waals surface area contributed by atoms with E-state index >= 15 is 0 Å². The van der Waals surface area contributed by atoms with Gasteiger partial charge in [-0.1, -0.05) is 12.1 Å². The lowest BCUT2D eigenvalue weighted by Gasteiger charge is -2.28. The van der Waals surface area contributed by atoms with E-state index in [4.69, 9.17) is 9.72 Å². The lowest BCUT2D eigenvalue weighted by molar-refractivity contribution is -0.119. The molecule has 0 aliphatic carbocycles. The first-order chi connectivity index (χ1) is 18.8. The topological polar surface area (TPSA) is 118 Å². The number of hydrogen-bond acceptors (Lipinski definition) is 9. The summed E-state index contributed by atoms with van der Waals surface area (Å²) in [5.74, 6) is -0.644. The highest BCUT2D eigenvalue weighted by atomic mass is 32.1. The van der Waals surface area contributed by atoms with Crippen molar-refractivity contribution in [3.63, 3.8) is 0 Å². The Hall–Kier alpha value is -3.96. The van der Waals surface area contributed by atoms with Crippen molar-refractivity contribution < 1.29 is 23.8 Å². The minimum absolute atomic E-state index is 0.00611. The second-order valence-electron chi connectivity index (χ2n) is 9.46. The zero-order valence-electron chi connectivity index (χ0n) is 21.8. The van der Waals surface area contributed by atoms with Crippen LogP contribution in [0.25, 0.3) is 21.6 Å². The number of amides is 1. The molecule has 2 N–H and O–H groups in total. The quantitative estimate of drug-likeness (QED) is 0.320. The minimum Gasteiger partial charge on any atom is -0.496 e. The summed E-state index contributed by atoms with van der Waals surface area (Å²) in [4.78, 5) is 40.6. The Morgan fingerprint density at radius 2 is 2.05 bits per heavy atom. The molecule has 1 saturated heterocycles. The SMILES string of the molecule is COc1cccc(F)c1-c1nccc(C(=O)Cc2ccc3sc(C)nc3c2N2C[C@H](NC(C)=O)C[C@H]2CO)n1. The van der Waals surface area contributed by atoms with E-state index in [0.717, 1.165) is 26.5 Å². The molecule has 3 heterocycles. The van der Waals surface area contributed by atoms with Gasteiger partial charge in [0.15, 0.2) is 11.6 Å². The van der Waals surface area contributed by atoms with Gasteiger partial charge in [-0.05, 0) is 43.2 Å². The molecule has 4 aromatic rings. The minimum atomic E-state index is -0.552. The highest BCUT2D eigenvalue weighted by Crippen LogP contribution is 2.38. The van der Waals surface area contributed by atoms with E-state index in [1.54, 1.807) is 17.4 Å². The average Bonchev–Trinajstić information content (AvgIpc) is 3.49. The fourth-order valence-electron chi connectivity index (χ4n) is 5.14. The maximum Gasteiger partial charge on any atom is 0.217 e. The number of aliphatic hydroxyl groups is 1. The van der Waals surface area contributed by atoms with Gasteiger partial charge in [0.25, 0.3) is 0 Å². The smallest absolute Gasteiger partial charge is 0.217 e. The summed E-state index contributed by atoms with van der Waals surface area (Å²) in [5.41, 5.74) is 2.47. The van der Waals surface area contributed by atoms with Crippen LogP contribution >= 0.6 is 11.3 Å². The predicted octanol–water partition coefficient (Wildman–Crippen LogP) is 3.71. The highest BCUT2D eigenvalue weighted by Gasteiger charge is 2.35. The molecule has 1 amide bonds. The van der Waals surface area contributed by atoms with Gasteiger partial charge >= 0.3 is 0 Å². The van der Waals surface area contributed by atoms with Crippen molar-refractivity contribution in [3.05, 3.63) is 64.7 Å². The molecule has 5 rings (SSSR count). The first kappa shape index (κ1) is 26.6. The van der Waals surface area contributed by atoms with Crippen LogP contribution in [0.15, 0.2) is 42.6 Å². The van der Waals surface area contributed by atoms with Gasteiger partial charge < -0.3 is 20.1 Å². The Bertz CT molecular complexity index is 1560. The van der Waals surface area contributed by atoms with Gasteiger partial charge in [-0.3, -0.25) is 9.59 Å². The number of carbonyl (C=O) groups excluding carboxylic acids is 2. The number of hydrogen-bond donors (Lipinski definition) is 2. The summed E-state index contributed by atoms with van der Waals surface area (Å²) in [6.07, 6.45) is 2.00. The van der Waals surface area contributed by atoms with Crippen LogP contribution in [0.1, 0.15) is 34.4 Å². The molecule has 1 fully saturated rings. The predicted molar refractivity (Wildman–Crippen MR) is 147 cm³/mol. The molecular weight excluding hydrogens is 521 g/mol. The molecule has 0 bridgehead atoms. The largest absolute Gasteiger partial charge is 0.496 e. The number of nitrogens with one attached hydrogen (secondary N) is 1. The van der Waals surface area contributed by atoms with E-state index in [9.17, 15) is 19.1 Å². The third kappa shape index (κ3) is 5.32. The molecule has 11 heteroatoms. The number of methoxy groups -OCH3 is 1. The van der Waals surface area contributed by atoms with Gasteiger partial charge in [0.1, 0.15) is 22.8 Å². The molecule has 2 atom stereocenters. The van der Waals surface area contributed by atoms with Crippen LogP contribution in [-0.2, 0) is 11.2 Å². The van der Waals surface area contributed by atoms with Crippen LogP contribution in [-0.4, -0.2) is 64.1 Å². The Balaban J connectivity index is 1.52. The van der Waals surface area contributed by atoms with Crippen LogP contribution in [0, 0.1) is 12.7 Å². The Morgan fingerprint density at radius 1 is 1.23 bits per heavy atom. The van der Waals surface area contributed by atoms with Crippen LogP contribution in [0.2, 0.25) is 0 Å². The summed E-state index contributed by atoms with van der Waals surface area (Å²) < 4.78 is 20.9. The molecule has 0 unspecified atom stereocenters. The maximum atomic E-state index is 14.7. The fourth-order valence-corrected chi connectivity index (χ4v) is 5.97. The molecule has 2 aromatic heterocycles. The summed E-state index contributed by atoms with van der Waals surface area (Å²) in [6.45, 7) is 3.76. The number of fused-ring (bicyclic) bond motifs is 1. The van der Waals surface area contributed by atoms with Gasteiger partial charge in [0, 0.05) is 32.1 Å². The fraction of sp³-hybridized carbons (Fsp3) is 0.321. The summed E-state index contributed by atoms with van der Waals surface area (Å²) in [7, 11) is 1.43. The third-order valence-corrected chi connectivity index (χ3v) is 7.69. The maximum absolute atomic E-state index is 14.7. The molecule has 0 radical (unpaired) electrons. The Morgan fingerprint density at radius 3 is 2.79 bits per heavy atom. The lowest BCUT2D eigenvalue weighted by atomic mass is 10.0. The summed E-state index contributed by atoms with van der Waals surface area (Å²) >= 11 is 1.55. The number of nitrogens with zero attached hydrogens (tertiary/aromatic N) is 4. The van der Waals surface area contributed by atoms with Crippen molar-refractivity contribution >= 4 is 38.9 Å². The number of thiazole rings is 1. The Labute approximate surface area is 228 Å². The molecule has 1 aliphatic rings. The molecule has 2 aromatic carbocycles. The summed E-state index contributed by atoms with van der Waals surface area (Å²) in [6, 6.07) is 9.38. The number of ketones is 1. The average molecular weight is 550 g/mol.